The fourth-order valence-electron chi connectivity index (χ4n) is 3.24. The van der Waals surface area contributed by atoms with Crippen molar-refractivity contribution < 1.29 is 19.0 Å². The number of hydrogen-bond donors (Lipinski definition) is 1. The van der Waals surface area contributed by atoms with Gasteiger partial charge in [0.15, 0.2) is 0 Å². The minimum atomic E-state index is -1.49. The highest BCUT2D eigenvalue weighted by atomic mass is 19.1. The summed E-state index contributed by atoms with van der Waals surface area (Å²) in [5.74, 6) is -0.497. The summed E-state index contributed by atoms with van der Waals surface area (Å²) in [4.78, 5) is 13.9. The van der Waals surface area contributed by atoms with E-state index in [1.54, 1.807) is 36.4 Å². The first kappa shape index (κ1) is 21.7. The minimum Gasteiger partial charge on any atom is -0.453 e. The first-order valence-electron chi connectivity index (χ1n) is 9.10. The van der Waals surface area contributed by atoms with Gasteiger partial charge in [0.1, 0.15) is 13.7 Å². The van der Waals surface area contributed by atoms with E-state index in [1.165, 1.54) is 18.1 Å². The topological polar surface area (TPSA) is 49.8 Å². The molecule has 0 aliphatic heterocycles. The molecule has 2 atom stereocenters. The van der Waals surface area contributed by atoms with Crippen molar-refractivity contribution in [3.63, 3.8) is 0 Å². The third kappa shape index (κ3) is 5.01. The van der Waals surface area contributed by atoms with Crippen LogP contribution in [0.15, 0.2) is 61.2 Å². The molecular formula is C22H25BFNO3. The molecule has 2 aromatic carbocycles. The predicted octanol–water partition coefficient (Wildman–Crippen LogP) is 3.60. The average Bonchev–Trinajstić information content (AvgIpc) is 2.68. The van der Waals surface area contributed by atoms with Crippen LogP contribution in [-0.2, 0) is 10.3 Å². The van der Waals surface area contributed by atoms with E-state index in [0.717, 1.165) is 5.56 Å². The Morgan fingerprint density at radius 3 is 2.54 bits per heavy atom. The number of ether oxygens (including phenoxy) is 1. The molecule has 0 spiro atoms. The monoisotopic (exact) mass is 381 g/mol. The molecule has 0 heterocycles. The van der Waals surface area contributed by atoms with Crippen LogP contribution in [0.2, 0.25) is 0 Å². The number of amides is 1. The molecule has 2 rings (SSSR count). The number of halogens is 1. The van der Waals surface area contributed by atoms with Gasteiger partial charge in [-0.05, 0) is 31.4 Å². The highest BCUT2D eigenvalue weighted by molar-refractivity contribution is 6.32. The lowest BCUT2D eigenvalue weighted by molar-refractivity contribution is 0.0129. The molecule has 0 bridgehead atoms. The first-order valence-corrected chi connectivity index (χ1v) is 9.10. The smallest absolute Gasteiger partial charge is 0.409 e. The van der Waals surface area contributed by atoms with E-state index in [4.69, 9.17) is 12.6 Å². The molecular weight excluding hydrogens is 356 g/mol. The summed E-state index contributed by atoms with van der Waals surface area (Å²) < 4.78 is 19.2. The number of carbonyl (C=O) groups is 1. The summed E-state index contributed by atoms with van der Waals surface area (Å²) >= 11 is 0. The molecule has 6 heteroatoms. The Hall–Kier alpha value is -2.60. The molecule has 4 nitrogen and oxygen atoms in total. The molecule has 0 aliphatic carbocycles. The van der Waals surface area contributed by atoms with Crippen LogP contribution in [0.4, 0.5) is 9.18 Å². The van der Waals surface area contributed by atoms with Crippen molar-refractivity contribution in [3.05, 3.63) is 78.1 Å². The van der Waals surface area contributed by atoms with Gasteiger partial charge in [-0.3, -0.25) is 0 Å². The Kier molecular flexibility index (Phi) is 7.41. The molecule has 1 N–H and O–H groups in total. The van der Waals surface area contributed by atoms with Crippen LogP contribution in [0, 0.1) is 5.82 Å². The number of aliphatic hydroxyl groups is 1. The number of benzene rings is 2. The number of hydrogen-bond acceptors (Lipinski definition) is 3. The van der Waals surface area contributed by atoms with E-state index in [2.05, 4.69) is 6.58 Å². The largest absolute Gasteiger partial charge is 0.453 e. The van der Waals surface area contributed by atoms with Crippen molar-refractivity contribution in [2.24, 2.45) is 0 Å². The Labute approximate surface area is 167 Å². The number of carbonyl (C=O) groups excluding carboxylic acids is 1. The maximum absolute atomic E-state index is 14.3. The molecule has 2 radical (unpaired) electrons. The summed E-state index contributed by atoms with van der Waals surface area (Å²) in [7, 11) is 7.04. The van der Waals surface area contributed by atoms with Gasteiger partial charge in [-0.2, -0.15) is 0 Å². The lowest BCUT2D eigenvalue weighted by Crippen LogP contribution is -2.38. The van der Waals surface area contributed by atoms with Crippen LogP contribution < -0.4 is 5.46 Å². The van der Waals surface area contributed by atoms with E-state index in [0.29, 0.717) is 5.46 Å². The van der Waals surface area contributed by atoms with Gasteiger partial charge in [0.2, 0.25) is 0 Å². The summed E-state index contributed by atoms with van der Waals surface area (Å²) in [5.41, 5.74) is 0.193. The molecule has 0 fully saturated rings. The molecule has 1 amide bonds. The zero-order valence-electron chi connectivity index (χ0n) is 16.3. The van der Waals surface area contributed by atoms with E-state index in [9.17, 15) is 14.3 Å². The van der Waals surface area contributed by atoms with Crippen LogP contribution in [0.5, 0.6) is 0 Å². The van der Waals surface area contributed by atoms with Crippen LogP contribution in [-0.4, -0.2) is 37.6 Å². The van der Waals surface area contributed by atoms with Crippen LogP contribution in [0.1, 0.15) is 36.9 Å². The van der Waals surface area contributed by atoms with E-state index in [1.807, 2.05) is 19.1 Å². The van der Waals surface area contributed by atoms with Crippen LogP contribution in [0.25, 0.3) is 0 Å². The molecule has 0 saturated carbocycles. The van der Waals surface area contributed by atoms with Gasteiger partial charge in [0, 0.05) is 12.1 Å². The quantitative estimate of drug-likeness (QED) is 0.562. The molecule has 0 aromatic heterocycles. The molecule has 28 heavy (non-hydrogen) atoms. The summed E-state index contributed by atoms with van der Waals surface area (Å²) in [6.45, 7) is 5.69. The van der Waals surface area contributed by atoms with E-state index >= 15 is 0 Å². The van der Waals surface area contributed by atoms with E-state index < -0.39 is 17.5 Å². The second kappa shape index (κ2) is 9.56. The van der Waals surface area contributed by atoms with E-state index in [-0.39, 0.29) is 31.0 Å². The highest BCUT2D eigenvalue weighted by Gasteiger charge is 2.33. The lowest BCUT2D eigenvalue weighted by atomic mass is 9.86. The van der Waals surface area contributed by atoms with Crippen LogP contribution >= 0.6 is 0 Å². The summed E-state index contributed by atoms with van der Waals surface area (Å²) in [5, 5.41) is 11.1. The van der Waals surface area contributed by atoms with Crippen molar-refractivity contribution in [2.45, 2.75) is 31.4 Å². The standard InChI is InChI=1S/C22H25BFNO3/c1-4-13-22(27,19-7-5-6-8-20(19)24)14-15-25(21(26)28-3)16(2)17-9-11-18(23)12-10-17/h4-12,16,27H,1,13-15H2,2-3H3/t16-,22?/m0/s1. The minimum absolute atomic E-state index is 0.119. The maximum Gasteiger partial charge on any atom is 0.409 e. The number of methoxy groups -OCH3 is 1. The number of rotatable bonds is 8. The maximum atomic E-state index is 14.3. The summed E-state index contributed by atoms with van der Waals surface area (Å²) in [6, 6.07) is 13.0. The zero-order chi connectivity index (χ0) is 20.7. The van der Waals surface area contributed by atoms with Gasteiger partial charge in [0.25, 0.3) is 0 Å². The fourth-order valence-corrected chi connectivity index (χ4v) is 3.24. The normalized spacial score (nSPS) is 14.0. The van der Waals surface area contributed by atoms with Crippen molar-refractivity contribution in [1.82, 2.24) is 4.90 Å². The molecule has 0 saturated heterocycles. The van der Waals surface area contributed by atoms with Crippen molar-refractivity contribution in [2.75, 3.05) is 13.7 Å². The average molecular weight is 381 g/mol. The van der Waals surface area contributed by atoms with Gasteiger partial charge in [0.05, 0.1) is 18.8 Å². The van der Waals surface area contributed by atoms with Gasteiger partial charge in [-0.1, -0.05) is 54.0 Å². The fraction of sp³-hybridized carbons (Fsp3) is 0.318. The third-order valence-corrected chi connectivity index (χ3v) is 4.92. The van der Waals surface area contributed by atoms with Crippen molar-refractivity contribution >= 4 is 19.4 Å². The summed E-state index contributed by atoms with van der Waals surface area (Å²) in [6.07, 6.45) is 1.28. The molecule has 2 aromatic rings. The van der Waals surface area contributed by atoms with Gasteiger partial charge in [-0.25, -0.2) is 9.18 Å². The van der Waals surface area contributed by atoms with Crippen LogP contribution in [0.3, 0.4) is 0 Å². The second-order valence-corrected chi connectivity index (χ2v) is 6.76. The van der Waals surface area contributed by atoms with Crippen molar-refractivity contribution in [1.29, 1.82) is 0 Å². The molecule has 146 valence electrons. The third-order valence-electron chi connectivity index (χ3n) is 4.92. The Morgan fingerprint density at radius 2 is 1.96 bits per heavy atom. The van der Waals surface area contributed by atoms with Gasteiger partial charge >= 0.3 is 6.09 Å². The van der Waals surface area contributed by atoms with Gasteiger partial charge < -0.3 is 14.7 Å². The van der Waals surface area contributed by atoms with Crippen molar-refractivity contribution in [3.8, 4) is 0 Å². The molecule has 0 aliphatic rings. The predicted molar refractivity (Wildman–Crippen MR) is 109 cm³/mol. The number of nitrogens with zero attached hydrogens (tertiary/aromatic N) is 1. The second-order valence-electron chi connectivity index (χ2n) is 6.76. The highest BCUT2D eigenvalue weighted by Crippen LogP contribution is 2.33. The zero-order valence-corrected chi connectivity index (χ0v) is 16.3. The Balaban J connectivity index is 2.27. The van der Waals surface area contributed by atoms with Gasteiger partial charge in [-0.15, -0.1) is 6.58 Å². The SMILES string of the molecule is [B]c1ccc([C@H](C)N(CCC(O)(CC=C)c2ccccc2F)C(=O)OC)cc1. The Bertz CT molecular complexity index is 812. The lowest BCUT2D eigenvalue weighted by Gasteiger charge is -2.33. The Morgan fingerprint density at radius 1 is 1.32 bits per heavy atom. The first-order chi connectivity index (χ1) is 13.3. The molecule has 1 unspecified atom stereocenters.